The molecule has 0 aliphatic carbocycles. The summed E-state index contributed by atoms with van der Waals surface area (Å²) in [6.07, 6.45) is 4.52. The Morgan fingerprint density at radius 2 is 2.05 bits per heavy atom. The van der Waals surface area contributed by atoms with E-state index in [1.165, 1.54) is 0 Å². The van der Waals surface area contributed by atoms with Gasteiger partial charge in [-0.3, -0.25) is 0 Å². The molecule has 20 heavy (non-hydrogen) atoms. The minimum Gasteiger partial charge on any atom is -0.392 e. The van der Waals surface area contributed by atoms with E-state index in [1.54, 1.807) is 30.0 Å². The molecule has 2 N–H and O–H groups in total. The van der Waals surface area contributed by atoms with Gasteiger partial charge in [-0.15, -0.1) is 0 Å². The van der Waals surface area contributed by atoms with Crippen LogP contribution in [0.1, 0.15) is 30.9 Å². The number of aryl methyl sites for hydroxylation is 1. The minimum absolute atomic E-state index is 0.153. The van der Waals surface area contributed by atoms with Crippen molar-refractivity contribution in [2.45, 2.75) is 37.7 Å². The molecular weight excluding hydrogens is 294 g/mol. The average molecular weight is 317 g/mol. The molecule has 0 bridgehead atoms. The molecule has 0 saturated heterocycles. The summed E-state index contributed by atoms with van der Waals surface area (Å²) in [5.74, 6) is 1.04. The zero-order valence-electron chi connectivity index (χ0n) is 12.1. The summed E-state index contributed by atoms with van der Waals surface area (Å²) in [6.45, 7) is 2.22. The Kier molecular flexibility index (Phi) is 7.58. The van der Waals surface area contributed by atoms with Crippen molar-refractivity contribution < 1.29 is 13.5 Å². The fourth-order valence-electron chi connectivity index (χ4n) is 1.90. The number of unbranched alkanes of at least 4 members (excludes halogenated alkanes) is 1. The molecule has 0 heterocycles. The Morgan fingerprint density at radius 3 is 2.65 bits per heavy atom. The second kappa shape index (κ2) is 8.67. The van der Waals surface area contributed by atoms with Crippen LogP contribution in [0.2, 0.25) is 0 Å². The highest BCUT2D eigenvalue weighted by Crippen LogP contribution is 2.18. The van der Waals surface area contributed by atoms with E-state index in [4.69, 9.17) is 5.11 Å². The molecule has 0 aromatic heterocycles. The summed E-state index contributed by atoms with van der Waals surface area (Å²) in [7, 11) is -3.49. The summed E-state index contributed by atoms with van der Waals surface area (Å²) < 4.78 is 27.3. The summed E-state index contributed by atoms with van der Waals surface area (Å²) in [5.41, 5.74) is 1.39. The Morgan fingerprint density at radius 1 is 1.30 bits per heavy atom. The Balaban J connectivity index is 2.80. The van der Waals surface area contributed by atoms with Gasteiger partial charge in [-0.05, 0) is 48.5 Å². The van der Waals surface area contributed by atoms with Crippen LogP contribution in [0.25, 0.3) is 0 Å². The quantitative estimate of drug-likeness (QED) is 0.685. The summed E-state index contributed by atoms with van der Waals surface area (Å²) in [6, 6.07) is 5.09. The van der Waals surface area contributed by atoms with Crippen LogP contribution in [0.3, 0.4) is 0 Å². The lowest BCUT2D eigenvalue weighted by Crippen LogP contribution is -2.26. The Bertz CT molecular complexity index is 515. The molecule has 0 amide bonds. The lowest BCUT2D eigenvalue weighted by Gasteiger charge is -2.12. The SMILES string of the molecule is CCc1ccc(CO)cc1S(=O)(=O)NCCCCSC. The van der Waals surface area contributed by atoms with E-state index in [-0.39, 0.29) is 11.5 Å². The van der Waals surface area contributed by atoms with Crippen molar-refractivity contribution in [2.75, 3.05) is 18.6 Å². The highest BCUT2D eigenvalue weighted by atomic mass is 32.2. The molecule has 0 aliphatic rings. The molecule has 1 aromatic carbocycles. The fourth-order valence-corrected chi connectivity index (χ4v) is 3.82. The van der Waals surface area contributed by atoms with E-state index in [2.05, 4.69) is 4.72 Å². The number of aliphatic hydroxyl groups is 1. The van der Waals surface area contributed by atoms with Gasteiger partial charge in [-0.1, -0.05) is 19.1 Å². The van der Waals surface area contributed by atoms with E-state index >= 15 is 0 Å². The van der Waals surface area contributed by atoms with E-state index in [0.717, 1.165) is 24.2 Å². The van der Waals surface area contributed by atoms with Crippen LogP contribution in [0.4, 0.5) is 0 Å². The van der Waals surface area contributed by atoms with Gasteiger partial charge in [0.25, 0.3) is 0 Å². The third-order valence-corrected chi connectivity index (χ3v) is 5.29. The van der Waals surface area contributed by atoms with Gasteiger partial charge in [0.2, 0.25) is 10.0 Å². The largest absolute Gasteiger partial charge is 0.392 e. The molecule has 0 aliphatic heterocycles. The number of benzene rings is 1. The number of nitrogens with one attached hydrogen (secondary N) is 1. The number of sulfonamides is 1. The predicted octanol–water partition coefficient (Wildman–Crippen LogP) is 2.16. The fraction of sp³-hybridized carbons (Fsp3) is 0.571. The summed E-state index contributed by atoms with van der Waals surface area (Å²) in [4.78, 5) is 0.288. The second-order valence-electron chi connectivity index (χ2n) is 4.55. The first-order valence-electron chi connectivity index (χ1n) is 6.76. The Labute approximate surface area is 126 Å². The van der Waals surface area contributed by atoms with Crippen molar-refractivity contribution in [2.24, 2.45) is 0 Å². The van der Waals surface area contributed by atoms with Gasteiger partial charge in [0.15, 0.2) is 0 Å². The number of hydrogen-bond donors (Lipinski definition) is 2. The maximum atomic E-state index is 12.3. The first-order chi connectivity index (χ1) is 9.55. The van der Waals surface area contributed by atoms with Crippen molar-refractivity contribution >= 4 is 21.8 Å². The molecule has 0 radical (unpaired) electrons. The van der Waals surface area contributed by atoms with E-state index in [0.29, 0.717) is 18.5 Å². The van der Waals surface area contributed by atoms with Crippen LogP contribution in [0.5, 0.6) is 0 Å². The van der Waals surface area contributed by atoms with Crippen LogP contribution < -0.4 is 4.72 Å². The summed E-state index contributed by atoms with van der Waals surface area (Å²) >= 11 is 1.76. The van der Waals surface area contributed by atoms with Crippen LogP contribution in [-0.4, -0.2) is 32.1 Å². The molecule has 0 saturated carbocycles. The van der Waals surface area contributed by atoms with Crippen LogP contribution in [-0.2, 0) is 23.1 Å². The van der Waals surface area contributed by atoms with Crippen molar-refractivity contribution in [1.29, 1.82) is 0 Å². The molecule has 0 spiro atoms. The molecule has 114 valence electrons. The minimum atomic E-state index is -3.49. The number of rotatable bonds is 9. The predicted molar refractivity (Wildman–Crippen MR) is 84.5 cm³/mol. The smallest absolute Gasteiger partial charge is 0.240 e. The van der Waals surface area contributed by atoms with E-state index in [1.807, 2.05) is 13.2 Å². The third-order valence-electron chi connectivity index (χ3n) is 3.05. The Hall–Kier alpha value is -0.560. The lowest BCUT2D eigenvalue weighted by molar-refractivity contribution is 0.281. The molecule has 0 fully saturated rings. The van der Waals surface area contributed by atoms with Crippen molar-refractivity contribution in [3.63, 3.8) is 0 Å². The van der Waals surface area contributed by atoms with Gasteiger partial charge in [-0.2, -0.15) is 11.8 Å². The molecule has 1 aromatic rings. The zero-order chi connectivity index (χ0) is 15.0. The van der Waals surface area contributed by atoms with E-state index < -0.39 is 10.0 Å². The maximum absolute atomic E-state index is 12.3. The first kappa shape index (κ1) is 17.5. The standard InChI is InChI=1S/C14H23NO3S2/c1-3-13-7-6-12(11-16)10-14(13)20(17,18)15-8-4-5-9-19-2/h6-7,10,15-16H,3-5,8-9,11H2,1-2H3. The highest BCUT2D eigenvalue weighted by molar-refractivity contribution is 7.98. The van der Waals surface area contributed by atoms with Gasteiger partial charge in [0.05, 0.1) is 11.5 Å². The number of hydrogen-bond acceptors (Lipinski definition) is 4. The van der Waals surface area contributed by atoms with Crippen LogP contribution in [0, 0.1) is 0 Å². The molecule has 4 nitrogen and oxygen atoms in total. The lowest BCUT2D eigenvalue weighted by atomic mass is 10.1. The molecule has 6 heteroatoms. The molecule has 0 atom stereocenters. The van der Waals surface area contributed by atoms with Gasteiger partial charge in [-0.25, -0.2) is 13.1 Å². The van der Waals surface area contributed by atoms with Crippen LogP contribution in [0.15, 0.2) is 23.1 Å². The second-order valence-corrected chi connectivity index (χ2v) is 7.27. The third kappa shape index (κ3) is 5.09. The normalized spacial score (nSPS) is 11.8. The van der Waals surface area contributed by atoms with Gasteiger partial charge in [0.1, 0.15) is 0 Å². The number of thioether (sulfide) groups is 1. The van der Waals surface area contributed by atoms with Gasteiger partial charge >= 0.3 is 0 Å². The van der Waals surface area contributed by atoms with Gasteiger partial charge < -0.3 is 5.11 Å². The topological polar surface area (TPSA) is 66.4 Å². The molecule has 1 rings (SSSR count). The van der Waals surface area contributed by atoms with Crippen LogP contribution >= 0.6 is 11.8 Å². The number of aliphatic hydroxyl groups excluding tert-OH is 1. The first-order valence-corrected chi connectivity index (χ1v) is 9.64. The van der Waals surface area contributed by atoms with E-state index in [9.17, 15) is 8.42 Å². The van der Waals surface area contributed by atoms with Crippen molar-refractivity contribution in [3.8, 4) is 0 Å². The molecular formula is C14H23NO3S2. The van der Waals surface area contributed by atoms with Gasteiger partial charge in [0, 0.05) is 6.54 Å². The maximum Gasteiger partial charge on any atom is 0.240 e. The van der Waals surface area contributed by atoms with Crippen molar-refractivity contribution in [1.82, 2.24) is 4.72 Å². The average Bonchev–Trinajstić information content (AvgIpc) is 2.46. The monoisotopic (exact) mass is 317 g/mol. The highest BCUT2D eigenvalue weighted by Gasteiger charge is 2.17. The summed E-state index contributed by atoms with van der Waals surface area (Å²) in [5, 5.41) is 9.15. The zero-order valence-corrected chi connectivity index (χ0v) is 13.7. The molecule has 0 unspecified atom stereocenters. The van der Waals surface area contributed by atoms with Crippen molar-refractivity contribution in [3.05, 3.63) is 29.3 Å².